The summed E-state index contributed by atoms with van der Waals surface area (Å²) >= 11 is 0. The van der Waals surface area contributed by atoms with Crippen molar-refractivity contribution in [2.24, 2.45) is 0 Å². The van der Waals surface area contributed by atoms with E-state index >= 15 is 0 Å². The average molecular weight is 260 g/mol. The number of methoxy groups -OCH3 is 1. The number of benzene rings is 1. The van der Waals surface area contributed by atoms with Gasteiger partial charge in [-0.2, -0.15) is 0 Å². The van der Waals surface area contributed by atoms with Crippen LogP contribution in [0.2, 0.25) is 0 Å². The van der Waals surface area contributed by atoms with Crippen LogP contribution in [0.5, 0.6) is 0 Å². The molecule has 1 aromatic rings. The van der Waals surface area contributed by atoms with Gasteiger partial charge >= 0.3 is 5.97 Å². The van der Waals surface area contributed by atoms with Crippen molar-refractivity contribution < 1.29 is 14.3 Å². The molecule has 0 saturated heterocycles. The van der Waals surface area contributed by atoms with Crippen LogP contribution in [0.25, 0.3) is 0 Å². The fraction of sp³-hybridized carbons (Fsp3) is 0.429. The number of esters is 1. The number of carbonyl (C=O) groups excluding carboxylic acids is 2. The Kier molecular flexibility index (Phi) is 2.98. The number of fused-ring (bicyclic) bond motifs is 1. The third-order valence-electron chi connectivity index (χ3n) is 3.50. The Morgan fingerprint density at radius 1 is 1.47 bits per heavy atom. The van der Waals surface area contributed by atoms with Gasteiger partial charge in [-0.25, -0.2) is 4.79 Å². The number of amides is 1. The molecule has 3 rings (SSSR count). The topological polar surface area (TPSA) is 67.4 Å². The molecule has 1 fully saturated rings. The van der Waals surface area contributed by atoms with Gasteiger partial charge in [0.15, 0.2) is 0 Å². The summed E-state index contributed by atoms with van der Waals surface area (Å²) in [5, 5.41) is 6.06. The summed E-state index contributed by atoms with van der Waals surface area (Å²) in [6, 6.07) is 5.57. The summed E-state index contributed by atoms with van der Waals surface area (Å²) in [5.74, 6) is -0.291. The first-order valence-electron chi connectivity index (χ1n) is 6.44. The zero-order chi connectivity index (χ0) is 13.4. The molecule has 100 valence electrons. The number of hydrogen-bond acceptors (Lipinski definition) is 4. The first-order chi connectivity index (χ1) is 9.17. The van der Waals surface area contributed by atoms with Gasteiger partial charge in [-0.05, 0) is 30.0 Å². The van der Waals surface area contributed by atoms with Crippen LogP contribution < -0.4 is 10.6 Å². The Labute approximate surface area is 111 Å². The maximum absolute atomic E-state index is 11.9. The van der Waals surface area contributed by atoms with Crippen molar-refractivity contribution in [1.82, 2.24) is 5.32 Å². The lowest BCUT2D eigenvalue weighted by molar-refractivity contribution is -0.143. The normalized spacial score (nSPS) is 18.7. The monoisotopic (exact) mass is 260 g/mol. The highest BCUT2D eigenvalue weighted by Gasteiger charge is 2.31. The zero-order valence-corrected chi connectivity index (χ0v) is 10.7. The van der Waals surface area contributed by atoms with E-state index in [0.29, 0.717) is 12.5 Å². The Morgan fingerprint density at radius 2 is 2.26 bits per heavy atom. The summed E-state index contributed by atoms with van der Waals surface area (Å²) < 4.78 is 4.85. The Bertz CT molecular complexity index is 537. The minimum atomic E-state index is -0.446. The molecule has 1 heterocycles. The fourth-order valence-electron chi connectivity index (χ4n) is 2.33. The molecule has 0 bridgehead atoms. The minimum Gasteiger partial charge on any atom is -0.468 e. The molecule has 1 amide bonds. The maximum atomic E-state index is 11.9. The molecule has 5 nitrogen and oxygen atoms in total. The van der Waals surface area contributed by atoms with Gasteiger partial charge < -0.3 is 10.1 Å². The molecule has 19 heavy (non-hydrogen) atoms. The van der Waals surface area contributed by atoms with Gasteiger partial charge in [0.1, 0.15) is 6.04 Å². The number of carbonyl (C=O) groups is 2. The molecule has 2 N–H and O–H groups in total. The molecule has 1 aliphatic carbocycles. The third kappa shape index (κ3) is 2.46. The smallest absolute Gasteiger partial charge is 0.327 e. The van der Waals surface area contributed by atoms with Crippen LogP contribution in [-0.2, 0) is 20.7 Å². The van der Waals surface area contributed by atoms with E-state index < -0.39 is 6.04 Å². The second-order valence-corrected chi connectivity index (χ2v) is 5.04. The number of nitrogens with one attached hydrogen (secondary N) is 2. The summed E-state index contributed by atoms with van der Waals surface area (Å²) in [4.78, 5) is 23.2. The van der Waals surface area contributed by atoms with E-state index in [1.807, 2.05) is 18.2 Å². The lowest BCUT2D eigenvalue weighted by atomic mass is 10.0. The predicted octanol–water partition coefficient (Wildman–Crippen LogP) is 1.15. The number of rotatable bonds is 4. The number of hydrogen-bond donors (Lipinski definition) is 2. The molecule has 1 unspecified atom stereocenters. The molecule has 0 aromatic heterocycles. The molecule has 2 aliphatic rings. The Hall–Kier alpha value is -1.88. The third-order valence-corrected chi connectivity index (χ3v) is 3.50. The first-order valence-corrected chi connectivity index (χ1v) is 6.44. The number of ether oxygens (including phenoxy) is 1. The van der Waals surface area contributed by atoms with E-state index in [2.05, 4.69) is 10.6 Å². The molecule has 1 atom stereocenters. The van der Waals surface area contributed by atoms with Crippen molar-refractivity contribution in [3.8, 4) is 0 Å². The van der Waals surface area contributed by atoms with Crippen LogP contribution in [0.4, 0.5) is 5.69 Å². The summed E-state index contributed by atoms with van der Waals surface area (Å²) in [6.07, 6.45) is 2.57. The van der Waals surface area contributed by atoms with E-state index in [9.17, 15) is 9.59 Å². The van der Waals surface area contributed by atoms with Crippen LogP contribution in [0, 0.1) is 0 Å². The SMILES string of the molecule is COC(=O)C(NC1CC1)c1ccc2c(c1)CC(=O)N2. The van der Waals surface area contributed by atoms with Gasteiger partial charge in [-0.15, -0.1) is 0 Å². The van der Waals surface area contributed by atoms with Crippen LogP contribution in [0.1, 0.15) is 30.0 Å². The Morgan fingerprint density at radius 3 is 2.95 bits per heavy atom. The zero-order valence-electron chi connectivity index (χ0n) is 10.7. The van der Waals surface area contributed by atoms with Gasteiger partial charge in [0.25, 0.3) is 0 Å². The highest BCUT2D eigenvalue weighted by molar-refractivity contribution is 5.99. The van der Waals surface area contributed by atoms with Gasteiger partial charge in [0.05, 0.1) is 13.5 Å². The van der Waals surface area contributed by atoms with E-state index in [4.69, 9.17) is 4.74 Å². The molecule has 5 heteroatoms. The fourth-order valence-corrected chi connectivity index (χ4v) is 2.33. The lowest BCUT2D eigenvalue weighted by Gasteiger charge is -2.17. The largest absolute Gasteiger partial charge is 0.468 e. The van der Waals surface area contributed by atoms with Crippen molar-refractivity contribution >= 4 is 17.6 Å². The lowest BCUT2D eigenvalue weighted by Crippen LogP contribution is -2.31. The van der Waals surface area contributed by atoms with Crippen LogP contribution in [0.15, 0.2) is 18.2 Å². The van der Waals surface area contributed by atoms with Crippen LogP contribution in [0.3, 0.4) is 0 Å². The van der Waals surface area contributed by atoms with Crippen molar-refractivity contribution in [1.29, 1.82) is 0 Å². The first kappa shape index (κ1) is 12.2. The van der Waals surface area contributed by atoms with Gasteiger partial charge in [-0.3, -0.25) is 10.1 Å². The molecule has 0 spiro atoms. The van der Waals surface area contributed by atoms with Crippen molar-refractivity contribution in [3.05, 3.63) is 29.3 Å². The summed E-state index contributed by atoms with van der Waals surface area (Å²) in [6.45, 7) is 0. The standard InChI is InChI=1S/C14H16N2O3/c1-19-14(18)13(15-10-3-4-10)8-2-5-11-9(6-8)7-12(17)16-11/h2,5-6,10,13,15H,3-4,7H2,1H3,(H,16,17). The Balaban J connectivity index is 1.87. The highest BCUT2D eigenvalue weighted by atomic mass is 16.5. The molecule has 0 radical (unpaired) electrons. The van der Waals surface area contributed by atoms with Crippen molar-refractivity contribution in [3.63, 3.8) is 0 Å². The quantitative estimate of drug-likeness (QED) is 0.797. The van der Waals surface area contributed by atoms with Crippen LogP contribution >= 0.6 is 0 Å². The van der Waals surface area contributed by atoms with E-state index in [0.717, 1.165) is 29.7 Å². The second kappa shape index (κ2) is 4.66. The average Bonchev–Trinajstić information content (AvgIpc) is 3.14. The van der Waals surface area contributed by atoms with E-state index in [1.54, 1.807) is 0 Å². The maximum Gasteiger partial charge on any atom is 0.327 e. The molecule has 1 aromatic carbocycles. The van der Waals surface area contributed by atoms with Crippen LogP contribution in [-0.4, -0.2) is 25.0 Å². The van der Waals surface area contributed by atoms with E-state index in [-0.39, 0.29) is 11.9 Å². The molecular formula is C14H16N2O3. The van der Waals surface area contributed by atoms with Gasteiger partial charge in [0, 0.05) is 11.7 Å². The molecule has 1 aliphatic heterocycles. The number of anilines is 1. The molecule has 1 saturated carbocycles. The van der Waals surface area contributed by atoms with Gasteiger partial charge in [-0.1, -0.05) is 12.1 Å². The summed E-state index contributed by atoms with van der Waals surface area (Å²) in [7, 11) is 1.39. The predicted molar refractivity (Wildman–Crippen MR) is 69.7 cm³/mol. The van der Waals surface area contributed by atoms with Gasteiger partial charge in [0.2, 0.25) is 5.91 Å². The van der Waals surface area contributed by atoms with Crippen molar-refractivity contribution in [2.75, 3.05) is 12.4 Å². The minimum absolute atomic E-state index is 0.00285. The second-order valence-electron chi connectivity index (χ2n) is 5.04. The molecular weight excluding hydrogens is 244 g/mol. The van der Waals surface area contributed by atoms with E-state index in [1.165, 1.54) is 7.11 Å². The summed E-state index contributed by atoms with van der Waals surface area (Å²) in [5.41, 5.74) is 2.63. The van der Waals surface area contributed by atoms with Crippen molar-refractivity contribution in [2.45, 2.75) is 31.3 Å². The highest BCUT2D eigenvalue weighted by Crippen LogP contribution is 2.29.